The molecule has 0 atom stereocenters. The molecule has 1 aliphatic heterocycles. The molecule has 1 aliphatic carbocycles. The van der Waals surface area contributed by atoms with Gasteiger partial charge in [0.2, 0.25) is 5.88 Å². The van der Waals surface area contributed by atoms with E-state index >= 15 is 0 Å². The highest BCUT2D eigenvalue weighted by Crippen LogP contribution is 2.45. The van der Waals surface area contributed by atoms with Gasteiger partial charge in [-0.15, -0.1) is 0 Å². The van der Waals surface area contributed by atoms with Gasteiger partial charge in [-0.05, 0) is 30.5 Å². The molecule has 198 valence electrons. The molecule has 0 spiro atoms. The second-order valence-corrected chi connectivity index (χ2v) is 9.51. The van der Waals surface area contributed by atoms with E-state index in [4.69, 9.17) is 14.5 Å². The van der Waals surface area contributed by atoms with E-state index < -0.39 is 11.9 Å². The third kappa shape index (κ3) is 4.14. The summed E-state index contributed by atoms with van der Waals surface area (Å²) in [4.78, 5) is 22.0. The fourth-order valence-electron chi connectivity index (χ4n) is 4.85. The van der Waals surface area contributed by atoms with Crippen molar-refractivity contribution in [1.82, 2.24) is 39.3 Å². The van der Waals surface area contributed by atoms with Gasteiger partial charge in [0.05, 0.1) is 43.0 Å². The summed E-state index contributed by atoms with van der Waals surface area (Å²) in [6.07, 6.45) is 3.50. The summed E-state index contributed by atoms with van der Waals surface area (Å²) < 4.78 is 54.4. The molecule has 13 heteroatoms. The summed E-state index contributed by atoms with van der Waals surface area (Å²) in [7, 11) is 1.56. The molecular weight excluding hydrogens is 513 g/mol. The van der Waals surface area contributed by atoms with E-state index in [9.17, 15) is 13.2 Å². The number of methoxy groups -OCH3 is 1. The van der Waals surface area contributed by atoms with E-state index in [0.717, 1.165) is 35.7 Å². The number of ether oxygens (including phenoxy) is 2. The molecule has 5 aromatic rings. The molecule has 1 saturated carbocycles. The van der Waals surface area contributed by atoms with Crippen molar-refractivity contribution in [3.05, 3.63) is 60.1 Å². The first-order valence-corrected chi connectivity index (χ1v) is 12.4. The molecule has 5 heterocycles. The lowest BCUT2D eigenvalue weighted by Crippen LogP contribution is -2.07. The monoisotopic (exact) mass is 534 g/mol. The molecule has 0 radical (unpaired) electrons. The van der Waals surface area contributed by atoms with Gasteiger partial charge >= 0.3 is 6.18 Å². The van der Waals surface area contributed by atoms with Crippen LogP contribution in [0.25, 0.3) is 33.8 Å². The van der Waals surface area contributed by atoms with Gasteiger partial charge in [-0.3, -0.25) is 0 Å². The average molecular weight is 535 g/mol. The zero-order chi connectivity index (χ0) is 26.7. The first-order valence-electron chi connectivity index (χ1n) is 12.4. The number of nitrogens with zero attached hydrogens (tertiary/aromatic N) is 8. The van der Waals surface area contributed by atoms with Crippen LogP contribution in [0.4, 0.5) is 13.2 Å². The highest BCUT2D eigenvalue weighted by Gasteiger charge is 2.36. The van der Waals surface area contributed by atoms with Gasteiger partial charge in [0, 0.05) is 18.3 Å². The third-order valence-corrected chi connectivity index (χ3v) is 6.88. The molecule has 1 fully saturated rings. The summed E-state index contributed by atoms with van der Waals surface area (Å²) >= 11 is 0. The van der Waals surface area contributed by atoms with E-state index in [1.54, 1.807) is 30.3 Å². The van der Waals surface area contributed by atoms with E-state index in [1.807, 2.05) is 12.1 Å². The molecule has 39 heavy (non-hydrogen) atoms. The summed E-state index contributed by atoms with van der Waals surface area (Å²) in [6.45, 7) is 0.848. The largest absolute Gasteiger partial charge is 0.491 e. The van der Waals surface area contributed by atoms with Crippen LogP contribution >= 0.6 is 0 Å². The Kier molecular flexibility index (Phi) is 5.28. The molecule has 2 aliphatic rings. The van der Waals surface area contributed by atoms with E-state index in [-0.39, 0.29) is 19.0 Å². The van der Waals surface area contributed by atoms with Crippen molar-refractivity contribution in [2.45, 2.75) is 38.0 Å². The fourth-order valence-corrected chi connectivity index (χ4v) is 4.85. The minimum Gasteiger partial charge on any atom is -0.491 e. The van der Waals surface area contributed by atoms with Crippen LogP contribution < -0.4 is 9.47 Å². The summed E-state index contributed by atoms with van der Waals surface area (Å²) in [5.74, 6) is 1.92. The predicted octanol–water partition coefficient (Wildman–Crippen LogP) is 4.49. The Balaban J connectivity index is 1.24. The molecule has 4 aromatic heterocycles. The number of rotatable bonds is 5. The average Bonchev–Trinajstić information content (AvgIpc) is 3.61. The highest BCUT2D eigenvalue weighted by atomic mass is 19.4. The number of hydrogen-bond donors (Lipinski definition) is 0. The van der Waals surface area contributed by atoms with Crippen molar-refractivity contribution in [3.63, 3.8) is 0 Å². The summed E-state index contributed by atoms with van der Waals surface area (Å²) in [5.41, 5.74) is 2.61. The van der Waals surface area contributed by atoms with E-state index in [2.05, 4.69) is 25.0 Å². The minimum atomic E-state index is -4.52. The van der Waals surface area contributed by atoms with Gasteiger partial charge in [-0.25, -0.2) is 29.6 Å². The quantitative estimate of drug-likeness (QED) is 0.325. The van der Waals surface area contributed by atoms with Crippen LogP contribution in [0.1, 0.15) is 35.7 Å². The van der Waals surface area contributed by atoms with Gasteiger partial charge < -0.3 is 14.0 Å². The zero-order valence-corrected chi connectivity index (χ0v) is 20.7. The van der Waals surface area contributed by atoms with Crippen molar-refractivity contribution in [1.29, 1.82) is 0 Å². The standard InChI is InChI=1S/C26H21F3N8O2/c1-38-25-20(21(15-3-4-15)31-13-32-25)22-30-9-16-10-33-37(23(16)35-22)11-14-2-5-17-18(8-14)39-7-6-36-12-19(26(27,28)29)34-24(17)36/h2,5,8-10,12-13,15H,3-4,6-7,11H2,1H3. The molecule has 10 nitrogen and oxygen atoms in total. The zero-order valence-electron chi connectivity index (χ0n) is 20.7. The van der Waals surface area contributed by atoms with Gasteiger partial charge in [0.25, 0.3) is 0 Å². The lowest BCUT2D eigenvalue weighted by Gasteiger charge is -2.11. The lowest BCUT2D eigenvalue weighted by atomic mass is 10.1. The number of halogens is 3. The lowest BCUT2D eigenvalue weighted by molar-refractivity contribution is -0.140. The third-order valence-electron chi connectivity index (χ3n) is 6.88. The summed E-state index contributed by atoms with van der Waals surface area (Å²) in [5, 5.41) is 5.26. The predicted molar refractivity (Wildman–Crippen MR) is 132 cm³/mol. The molecule has 1 aromatic carbocycles. The number of hydrogen-bond acceptors (Lipinski definition) is 8. The van der Waals surface area contributed by atoms with Crippen molar-refractivity contribution in [2.24, 2.45) is 0 Å². The van der Waals surface area contributed by atoms with E-state index in [1.165, 1.54) is 10.9 Å². The smallest absolute Gasteiger partial charge is 0.434 e. The van der Waals surface area contributed by atoms with Crippen molar-refractivity contribution in [3.8, 4) is 34.4 Å². The van der Waals surface area contributed by atoms with Crippen LogP contribution in [0.2, 0.25) is 0 Å². The first kappa shape index (κ1) is 23.6. The van der Waals surface area contributed by atoms with Gasteiger partial charge in [0.15, 0.2) is 17.2 Å². The SMILES string of the molecule is COc1ncnc(C2CC2)c1-c1ncc2cnn(Cc3ccc4c(c3)OCCn3cc(C(F)(F)F)nc3-4)c2n1. The number of imidazole rings is 1. The molecule has 0 saturated heterocycles. The summed E-state index contributed by atoms with van der Waals surface area (Å²) in [6, 6.07) is 5.37. The van der Waals surface area contributed by atoms with Crippen LogP contribution in [-0.2, 0) is 19.3 Å². The highest BCUT2D eigenvalue weighted by molar-refractivity contribution is 5.77. The molecule has 0 N–H and O–H groups in total. The maximum absolute atomic E-state index is 13.3. The van der Waals surface area contributed by atoms with Crippen LogP contribution in [0, 0.1) is 0 Å². The Morgan fingerprint density at radius 3 is 2.77 bits per heavy atom. The molecule has 0 bridgehead atoms. The number of benzene rings is 1. The maximum atomic E-state index is 13.3. The van der Waals surface area contributed by atoms with Crippen LogP contribution in [0.3, 0.4) is 0 Å². The molecule has 0 amide bonds. The first-order chi connectivity index (χ1) is 18.9. The van der Waals surface area contributed by atoms with Crippen molar-refractivity contribution >= 4 is 11.0 Å². The topological polar surface area (TPSA) is 106 Å². The van der Waals surface area contributed by atoms with Gasteiger partial charge in [-0.2, -0.15) is 18.3 Å². The normalized spacial score (nSPS) is 15.0. The maximum Gasteiger partial charge on any atom is 0.434 e. The minimum absolute atomic E-state index is 0.225. The van der Waals surface area contributed by atoms with Gasteiger partial charge in [0.1, 0.15) is 30.1 Å². The molecule has 7 rings (SSSR count). The van der Waals surface area contributed by atoms with Crippen LogP contribution in [-0.4, -0.2) is 53.0 Å². The van der Waals surface area contributed by atoms with Crippen LogP contribution in [0.15, 0.2) is 43.1 Å². The Hall–Kier alpha value is -4.55. The Morgan fingerprint density at radius 1 is 1.10 bits per heavy atom. The van der Waals surface area contributed by atoms with Crippen molar-refractivity contribution < 1.29 is 22.6 Å². The second-order valence-electron chi connectivity index (χ2n) is 9.51. The fraction of sp³-hybridized carbons (Fsp3) is 0.308. The Bertz CT molecular complexity index is 1720. The Labute approximate surface area is 219 Å². The van der Waals surface area contributed by atoms with Gasteiger partial charge in [-0.1, -0.05) is 6.07 Å². The molecule has 0 unspecified atom stereocenters. The second kappa shape index (κ2) is 8.75. The van der Waals surface area contributed by atoms with E-state index in [0.29, 0.717) is 46.7 Å². The number of aromatic nitrogens is 8. The molecular formula is C26H21F3N8O2. The number of alkyl halides is 3. The van der Waals surface area contributed by atoms with Crippen LogP contribution in [0.5, 0.6) is 11.6 Å². The number of fused-ring (bicyclic) bond motifs is 4. The Morgan fingerprint density at radius 2 is 1.97 bits per heavy atom. The van der Waals surface area contributed by atoms with Crippen molar-refractivity contribution in [2.75, 3.05) is 13.7 Å².